The first-order chi connectivity index (χ1) is 16.3. The Morgan fingerprint density at radius 2 is 1.65 bits per heavy atom. The largest absolute Gasteiger partial charge is 0.371 e. The van der Waals surface area contributed by atoms with Crippen molar-refractivity contribution >= 4 is 45.4 Å². The Morgan fingerprint density at radius 1 is 0.912 bits per heavy atom. The molecule has 6 rings (SSSR count). The number of rotatable bonds is 4. The van der Waals surface area contributed by atoms with E-state index in [9.17, 15) is 8.78 Å². The molecule has 2 saturated heterocycles. The number of halogens is 3. The maximum absolute atomic E-state index is 13.8. The zero-order chi connectivity index (χ0) is 23.5. The highest BCUT2D eigenvalue weighted by molar-refractivity contribution is 14.1. The summed E-state index contributed by atoms with van der Waals surface area (Å²) in [4.78, 5) is 8.68. The number of hydrogen-bond donors (Lipinski definition) is 0. The third-order valence-electron chi connectivity index (χ3n) is 7.42. The summed E-state index contributed by atoms with van der Waals surface area (Å²) in [5.74, 6) is -2.07. The van der Waals surface area contributed by atoms with Gasteiger partial charge in [0, 0.05) is 52.1 Å². The number of hydrogen-bond acceptors (Lipinski definition) is 6. The molecular weight excluding hydrogens is 567 g/mol. The Bertz CT molecular complexity index is 1230. The molecule has 34 heavy (non-hydrogen) atoms. The molecule has 2 aliphatic heterocycles. The van der Waals surface area contributed by atoms with Crippen molar-refractivity contribution in [2.75, 3.05) is 36.0 Å². The van der Waals surface area contributed by atoms with Crippen molar-refractivity contribution in [3.05, 3.63) is 39.6 Å². The highest BCUT2D eigenvalue weighted by atomic mass is 127. The first kappa shape index (κ1) is 22.6. The summed E-state index contributed by atoms with van der Waals surface area (Å²) >= 11 is 3.92. The van der Waals surface area contributed by atoms with E-state index in [4.69, 9.17) is 0 Å². The van der Waals surface area contributed by atoms with E-state index in [1.54, 1.807) is 16.2 Å². The smallest absolute Gasteiger partial charge is 0.266 e. The van der Waals surface area contributed by atoms with Crippen LogP contribution in [0.2, 0.25) is 0 Å². The SMILES string of the molecule is Cc1cc(-c2nnc(-c3ccc(I)cc3N3CCC4(CC3)CC4)s2)cc(N2CCC(F)(F)C2)n1. The van der Waals surface area contributed by atoms with E-state index in [2.05, 4.69) is 60.9 Å². The van der Waals surface area contributed by atoms with Gasteiger partial charge in [-0.05, 0) is 90.9 Å². The fourth-order valence-electron chi connectivity index (χ4n) is 5.16. The minimum atomic E-state index is -2.66. The van der Waals surface area contributed by atoms with Crippen LogP contribution in [0.3, 0.4) is 0 Å². The molecule has 3 fully saturated rings. The fourth-order valence-corrected chi connectivity index (χ4v) is 6.50. The van der Waals surface area contributed by atoms with Crippen molar-refractivity contribution in [2.45, 2.75) is 45.0 Å². The number of alkyl halides is 2. The summed E-state index contributed by atoms with van der Waals surface area (Å²) in [5.41, 5.74) is 4.64. The Balaban J connectivity index is 1.30. The molecule has 0 unspecified atom stereocenters. The van der Waals surface area contributed by atoms with Crippen LogP contribution in [0, 0.1) is 15.9 Å². The molecule has 9 heteroatoms. The van der Waals surface area contributed by atoms with Gasteiger partial charge in [-0.25, -0.2) is 13.8 Å². The second kappa shape index (κ2) is 8.36. The number of anilines is 2. The molecule has 3 aliphatic rings. The van der Waals surface area contributed by atoms with Crippen LogP contribution in [0.5, 0.6) is 0 Å². The summed E-state index contributed by atoms with van der Waals surface area (Å²) in [6, 6.07) is 10.3. The van der Waals surface area contributed by atoms with Crippen molar-refractivity contribution in [1.82, 2.24) is 15.2 Å². The average molecular weight is 593 g/mol. The van der Waals surface area contributed by atoms with Crippen LogP contribution >= 0.6 is 33.9 Å². The summed E-state index contributed by atoms with van der Waals surface area (Å²) in [6.07, 6.45) is 5.19. The number of aryl methyl sites for hydroxylation is 1. The Labute approximate surface area is 215 Å². The van der Waals surface area contributed by atoms with Gasteiger partial charge in [-0.15, -0.1) is 10.2 Å². The summed E-state index contributed by atoms with van der Waals surface area (Å²) < 4.78 is 28.7. The van der Waals surface area contributed by atoms with Gasteiger partial charge in [-0.1, -0.05) is 11.3 Å². The molecule has 1 aliphatic carbocycles. The maximum Gasteiger partial charge on any atom is 0.266 e. The molecule has 0 atom stereocenters. The maximum atomic E-state index is 13.8. The van der Waals surface area contributed by atoms with E-state index < -0.39 is 5.92 Å². The molecule has 3 aromatic rings. The second-order valence-electron chi connectivity index (χ2n) is 9.94. The highest BCUT2D eigenvalue weighted by Crippen LogP contribution is 2.54. The third kappa shape index (κ3) is 4.41. The number of nitrogens with zero attached hydrogens (tertiary/aromatic N) is 5. The van der Waals surface area contributed by atoms with Crippen molar-refractivity contribution in [1.29, 1.82) is 0 Å². The lowest BCUT2D eigenvalue weighted by Crippen LogP contribution is -2.34. The van der Waals surface area contributed by atoms with Crippen molar-refractivity contribution in [3.8, 4) is 21.1 Å². The normalized spacial score (nSPS) is 20.8. The van der Waals surface area contributed by atoms with Gasteiger partial charge in [0.25, 0.3) is 5.92 Å². The average Bonchev–Trinajstić information content (AvgIpc) is 3.21. The molecule has 1 spiro atoms. The van der Waals surface area contributed by atoms with Gasteiger partial charge in [0.05, 0.1) is 6.54 Å². The topological polar surface area (TPSA) is 45.2 Å². The zero-order valence-electron chi connectivity index (χ0n) is 19.0. The van der Waals surface area contributed by atoms with Gasteiger partial charge in [0.2, 0.25) is 0 Å². The molecule has 2 aromatic heterocycles. The monoisotopic (exact) mass is 593 g/mol. The molecule has 1 aromatic carbocycles. The molecule has 178 valence electrons. The van der Waals surface area contributed by atoms with Crippen LogP contribution in [0.4, 0.5) is 20.3 Å². The van der Waals surface area contributed by atoms with Crippen molar-refractivity contribution in [2.24, 2.45) is 5.41 Å². The van der Waals surface area contributed by atoms with Gasteiger partial charge in [0.1, 0.15) is 15.8 Å². The molecule has 0 amide bonds. The van der Waals surface area contributed by atoms with E-state index in [0.29, 0.717) is 17.8 Å². The summed E-state index contributed by atoms with van der Waals surface area (Å²) in [5, 5.41) is 10.7. The minimum absolute atomic E-state index is 0.131. The van der Waals surface area contributed by atoms with Gasteiger partial charge in [0.15, 0.2) is 0 Å². The van der Waals surface area contributed by atoms with E-state index in [1.807, 2.05) is 19.1 Å². The van der Waals surface area contributed by atoms with Crippen molar-refractivity contribution in [3.63, 3.8) is 0 Å². The lowest BCUT2D eigenvalue weighted by atomic mass is 9.93. The fraction of sp³-hybridized carbons (Fsp3) is 0.480. The lowest BCUT2D eigenvalue weighted by Gasteiger charge is -2.35. The van der Waals surface area contributed by atoms with Crippen LogP contribution in [0.15, 0.2) is 30.3 Å². The van der Waals surface area contributed by atoms with Gasteiger partial charge in [-0.3, -0.25) is 0 Å². The van der Waals surface area contributed by atoms with Crippen LogP contribution in [0.25, 0.3) is 21.1 Å². The minimum Gasteiger partial charge on any atom is -0.371 e. The van der Waals surface area contributed by atoms with E-state index in [-0.39, 0.29) is 13.0 Å². The molecule has 1 saturated carbocycles. The van der Waals surface area contributed by atoms with Crippen LogP contribution in [-0.4, -0.2) is 47.3 Å². The predicted molar refractivity (Wildman–Crippen MR) is 141 cm³/mol. The Hall–Kier alpha value is -1.88. The van der Waals surface area contributed by atoms with Gasteiger partial charge >= 0.3 is 0 Å². The quantitative estimate of drug-likeness (QED) is 0.328. The van der Waals surface area contributed by atoms with E-state index in [0.717, 1.165) is 39.9 Å². The number of aromatic nitrogens is 3. The summed E-state index contributed by atoms with van der Waals surface area (Å²) in [7, 11) is 0. The number of piperidine rings is 1. The molecule has 5 nitrogen and oxygen atoms in total. The predicted octanol–water partition coefficient (Wildman–Crippen LogP) is 6.41. The molecule has 4 heterocycles. The molecule has 0 bridgehead atoms. The number of pyridine rings is 1. The first-order valence-electron chi connectivity index (χ1n) is 11.8. The van der Waals surface area contributed by atoms with E-state index >= 15 is 0 Å². The Morgan fingerprint density at radius 3 is 2.35 bits per heavy atom. The van der Waals surface area contributed by atoms with Crippen LogP contribution in [-0.2, 0) is 0 Å². The second-order valence-corrected chi connectivity index (χ2v) is 12.2. The molecule has 0 N–H and O–H groups in total. The summed E-state index contributed by atoms with van der Waals surface area (Å²) in [6.45, 7) is 4.10. The first-order valence-corrected chi connectivity index (χ1v) is 13.7. The van der Waals surface area contributed by atoms with Gasteiger partial charge in [-0.2, -0.15) is 0 Å². The van der Waals surface area contributed by atoms with Crippen LogP contribution in [0.1, 0.15) is 37.8 Å². The Kier molecular flexibility index (Phi) is 5.55. The van der Waals surface area contributed by atoms with Crippen LogP contribution < -0.4 is 9.80 Å². The third-order valence-corrected chi connectivity index (χ3v) is 9.09. The van der Waals surface area contributed by atoms with Crippen molar-refractivity contribution < 1.29 is 8.78 Å². The zero-order valence-corrected chi connectivity index (χ0v) is 22.0. The van der Waals surface area contributed by atoms with E-state index in [1.165, 1.54) is 34.9 Å². The lowest BCUT2D eigenvalue weighted by molar-refractivity contribution is 0.0256. The highest BCUT2D eigenvalue weighted by Gasteiger charge is 2.44. The standard InChI is InChI=1S/C25H26F2IN5S/c1-16-12-17(13-21(29-16)33-11-8-25(26,27)15-33)22-30-31-23(34-22)19-3-2-18(28)14-20(19)32-9-6-24(4-5-24)7-10-32/h2-3,12-14H,4-11,15H2,1H3. The molecule has 0 radical (unpaired) electrons. The molecular formula is C25H26F2IN5S. The number of benzene rings is 1. The van der Waals surface area contributed by atoms with Gasteiger partial charge < -0.3 is 9.80 Å².